The normalized spacial score (nSPS) is 18.7. The van der Waals surface area contributed by atoms with Crippen molar-refractivity contribution in [3.05, 3.63) is 29.6 Å². The topological polar surface area (TPSA) is 29.3 Å². The zero-order valence-corrected chi connectivity index (χ0v) is 10.7. The summed E-state index contributed by atoms with van der Waals surface area (Å²) in [7, 11) is 0. The van der Waals surface area contributed by atoms with Crippen molar-refractivity contribution in [3.8, 4) is 0 Å². The van der Waals surface area contributed by atoms with Crippen molar-refractivity contribution >= 4 is 5.69 Å². The summed E-state index contributed by atoms with van der Waals surface area (Å²) in [6.45, 7) is 5.94. The highest BCUT2D eigenvalue weighted by atomic mass is 19.1. The Balaban J connectivity index is 2.41. The van der Waals surface area contributed by atoms with E-state index in [2.05, 4.69) is 18.7 Å². The first-order valence-electron chi connectivity index (χ1n) is 6.31. The summed E-state index contributed by atoms with van der Waals surface area (Å²) in [6.07, 6.45) is 2.94. The lowest BCUT2D eigenvalue weighted by atomic mass is 9.99. The summed E-state index contributed by atoms with van der Waals surface area (Å²) in [5.41, 5.74) is 7.50. The molecule has 1 heterocycles. The van der Waals surface area contributed by atoms with Crippen LogP contribution < -0.4 is 10.6 Å². The SMILES string of the molecule is CC1(C)CCCN1c1cccc(F)c1CCN. The third kappa shape index (κ3) is 2.29. The molecule has 1 aromatic rings. The quantitative estimate of drug-likeness (QED) is 0.874. The van der Waals surface area contributed by atoms with E-state index in [1.165, 1.54) is 12.5 Å². The van der Waals surface area contributed by atoms with Gasteiger partial charge in [-0.15, -0.1) is 0 Å². The Morgan fingerprint density at radius 2 is 2.18 bits per heavy atom. The van der Waals surface area contributed by atoms with Gasteiger partial charge in [0, 0.05) is 23.3 Å². The van der Waals surface area contributed by atoms with E-state index in [1.54, 1.807) is 6.07 Å². The van der Waals surface area contributed by atoms with Crippen molar-refractivity contribution in [2.24, 2.45) is 5.73 Å². The highest BCUT2D eigenvalue weighted by Gasteiger charge is 2.33. The molecule has 0 aliphatic carbocycles. The number of anilines is 1. The number of hydrogen-bond acceptors (Lipinski definition) is 2. The summed E-state index contributed by atoms with van der Waals surface area (Å²) in [6, 6.07) is 5.33. The largest absolute Gasteiger partial charge is 0.366 e. The summed E-state index contributed by atoms with van der Waals surface area (Å²) < 4.78 is 13.9. The predicted molar refractivity (Wildman–Crippen MR) is 69.8 cm³/mol. The molecule has 1 aliphatic rings. The van der Waals surface area contributed by atoms with Crippen LogP contribution in [0.1, 0.15) is 32.3 Å². The van der Waals surface area contributed by atoms with Crippen molar-refractivity contribution < 1.29 is 4.39 Å². The van der Waals surface area contributed by atoms with Crippen LogP contribution in [-0.2, 0) is 6.42 Å². The first-order valence-corrected chi connectivity index (χ1v) is 6.31. The molecule has 0 radical (unpaired) electrons. The molecular formula is C14H21FN2. The van der Waals surface area contributed by atoms with Crippen molar-refractivity contribution in [3.63, 3.8) is 0 Å². The Labute approximate surface area is 103 Å². The summed E-state index contributed by atoms with van der Waals surface area (Å²) in [5, 5.41) is 0. The molecule has 2 nitrogen and oxygen atoms in total. The van der Waals surface area contributed by atoms with Gasteiger partial charge in [0.05, 0.1) is 0 Å². The second-order valence-corrected chi connectivity index (χ2v) is 5.34. The van der Waals surface area contributed by atoms with Crippen molar-refractivity contribution in [2.75, 3.05) is 18.0 Å². The lowest BCUT2D eigenvalue weighted by Crippen LogP contribution is -2.39. The van der Waals surface area contributed by atoms with Gasteiger partial charge in [0.15, 0.2) is 0 Å². The van der Waals surface area contributed by atoms with E-state index in [0.29, 0.717) is 13.0 Å². The molecule has 94 valence electrons. The zero-order chi connectivity index (χ0) is 12.5. The highest BCUT2D eigenvalue weighted by Crippen LogP contribution is 2.36. The molecule has 1 aliphatic heterocycles. The van der Waals surface area contributed by atoms with Gasteiger partial charge in [0.25, 0.3) is 0 Å². The monoisotopic (exact) mass is 236 g/mol. The van der Waals surface area contributed by atoms with Gasteiger partial charge in [-0.1, -0.05) is 6.07 Å². The fourth-order valence-corrected chi connectivity index (χ4v) is 2.75. The maximum Gasteiger partial charge on any atom is 0.128 e. The minimum atomic E-state index is -0.129. The average molecular weight is 236 g/mol. The molecule has 0 bridgehead atoms. The molecule has 0 aromatic heterocycles. The van der Waals surface area contributed by atoms with E-state index in [4.69, 9.17) is 5.73 Å². The second-order valence-electron chi connectivity index (χ2n) is 5.34. The zero-order valence-electron chi connectivity index (χ0n) is 10.7. The van der Waals surface area contributed by atoms with Crippen LogP contribution in [0, 0.1) is 5.82 Å². The first kappa shape index (κ1) is 12.4. The third-order valence-corrected chi connectivity index (χ3v) is 3.68. The molecule has 1 saturated heterocycles. The van der Waals surface area contributed by atoms with Gasteiger partial charge in [0.1, 0.15) is 5.82 Å². The Kier molecular flexibility index (Phi) is 3.38. The van der Waals surface area contributed by atoms with Crippen LogP contribution in [0.3, 0.4) is 0 Å². The average Bonchev–Trinajstić information content (AvgIpc) is 2.61. The molecule has 2 rings (SSSR count). The fourth-order valence-electron chi connectivity index (χ4n) is 2.75. The number of rotatable bonds is 3. The lowest BCUT2D eigenvalue weighted by Gasteiger charge is -2.35. The van der Waals surface area contributed by atoms with Gasteiger partial charge < -0.3 is 10.6 Å². The molecule has 0 unspecified atom stereocenters. The number of nitrogens with zero attached hydrogens (tertiary/aromatic N) is 1. The van der Waals surface area contributed by atoms with Crippen LogP contribution in [0.5, 0.6) is 0 Å². The molecule has 2 N–H and O–H groups in total. The number of nitrogens with two attached hydrogens (primary N) is 1. The van der Waals surface area contributed by atoms with Gasteiger partial charge in [-0.2, -0.15) is 0 Å². The van der Waals surface area contributed by atoms with E-state index >= 15 is 0 Å². The molecule has 0 atom stereocenters. The van der Waals surface area contributed by atoms with E-state index in [-0.39, 0.29) is 11.4 Å². The minimum absolute atomic E-state index is 0.122. The van der Waals surface area contributed by atoms with Crippen LogP contribution in [0.2, 0.25) is 0 Å². The molecule has 0 saturated carbocycles. The Hall–Kier alpha value is -1.09. The predicted octanol–water partition coefficient (Wildman–Crippen LogP) is 2.71. The summed E-state index contributed by atoms with van der Waals surface area (Å²) in [5.74, 6) is -0.129. The van der Waals surface area contributed by atoms with Crippen LogP contribution >= 0.6 is 0 Å². The highest BCUT2D eigenvalue weighted by molar-refractivity contribution is 5.57. The van der Waals surface area contributed by atoms with Gasteiger partial charge in [0.2, 0.25) is 0 Å². The fraction of sp³-hybridized carbons (Fsp3) is 0.571. The van der Waals surface area contributed by atoms with Crippen LogP contribution in [0.15, 0.2) is 18.2 Å². The van der Waals surface area contributed by atoms with E-state index in [0.717, 1.165) is 24.2 Å². The molecule has 17 heavy (non-hydrogen) atoms. The van der Waals surface area contributed by atoms with Gasteiger partial charge >= 0.3 is 0 Å². The van der Waals surface area contributed by atoms with Crippen LogP contribution in [0.4, 0.5) is 10.1 Å². The first-order chi connectivity index (χ1) is 8.06. The molecule has 0 spiro atoms. The Morgan fingerprint density at radius 1 is 1.41 bits per heavy atom. The second kappa shape index (κ2) is 4.65. The lowest BCUT2D eigenvalue weighted by molar-refractivity contribution is 0.514. The Bertz CT molecular complexity index is 401. The van der Waals surface area contributed by atoms with E-state index in [9.17, 15) is 4.39 Å². The maximum absolute atomic E-state index is 13.9. The van der Waals surface area contributed by atoms with Crippen molar-refractivity contribution in [2.45, 2.75) is 38.6 Å². The molecule has 1 fully saturated rings. The Morgan fingerprint density at radius 3 is 2.76 bits per heavy atom. The summed E-state index contributed by atoms with van der Waals surface area (Å²) >= 11 is 0. The standard InChI is InChI=1S/C14H21FN2/c1-14(2)8-4-10-17(14)13-6-3-5-12(15)11(13)7-9-16/h3,5-6H,4,7-10,16H2,1-2H3. The van der Waals surface area contributed by atoms with Crippen molar-refractivity contribution in [1.82, 2.24) is 0 Å². The van der Waals surface area contributed by atoms with Gasteiger partial charge in [-0.05, 0) is 51.8 Å². The molecular weight excluding hydrogens is 215 g/mol. The third-order valence-electron chi connectivity index (χ3n) is 3.68. The maximum atomic E-state index is 13.9. The molecule has 0 amide bonds. The minimum Gasteiger partial charge on any atom is -0.366 e. The molecule has 3 heteroatoms. The van der Waals surface area contributed by atoms with Crippen molar-refractivity contribution in [1.29, 1.82) is 0 Å². The molecule has 1 aromatic carbocycles. The van der Waals surface area contributed by atoms with E-state index in [1.807, 2.05) is 6.07 Å². The van der Waals surface area contributed by atoms with Crippen LogP contribution in [0.25, 0.3) is 0 Å². The number of benzene rings is 1. The smallest absolute Gasteiger partial charge is 0.128 e. The van der Waals surface area contributed by atoms with E-state index < -0.39 is 0 Å². The van der Waals surface area contributed by atoms with Gasteiger partial charge in [-0.25, -0.2) is 4.39 Å². The number of hydrogen-bond donors (Lipinski definition) is 1. The number of halogens is 1. The van der Waals surface area contributed by atoms with Crippen LogP contribution in [-0.4, -0.2) is 18.6 Å². The summed E-state index contributed by atoms with van der Waals surface area (Å²) in [4.78, 5) is 2.32. The van der Waals surface area contributed by atoms with Gasteiger partial charge in [-0.3, -0.25) is 0 Å².